The molecule has 0 radical (unpaired) electrons. The molecule has 2 aromatic rings. The molecule has 1 unspecified atom stereocenters. The molecule has 10 heteroatoms. The summed E-state index contributed by atoms with van der Waals surface area (Å²) in [5, 5.41) is 0. The lowest BCUT2D eigenvalue weighted by Gasteiger charge is -2.36. The van der Waals surface area contributed by atoms with Gasteiger partial charge in [0.25, 0.3) is 0 Å². The number of amides is 2. The van der Waals surface area contributed by atoms with Gasteiger partial charge in [0.1, 0.15) is 18.3 Å². The highest BCUT2D eigenvalue weighted by atomic mass is 79.9. The van der Waals surface area contributed by atoms with Crippen LogP contribution in [0.2, 0.25) is 0 Å². The molecular formula is C28H29BrN6O3. The van der Waals surface area contributed by atoms with Gasteiger partial charge in [-0.25, -0.2) is 14.7 Å². The third kappa shape index (κ3) is 4.81. The van der Waals surface area contributed by atoms with Crippen molar-refractivity contribution in [3.63, 3.8) is 0 Å². The van der Waals surface area contributed by atoms with Gasteiger partial charge in [-0.3, -0.25) is 9.80 Å². The average Bonchev–Trinajstić information content (AvgIpc) is 3.45. The van der Waals surface area contributed by atoms with Gasteiger partial charge in [-0.2, -0.15) is 4.98 Å². The van der Waals surface area contributed by atoms with Crippen molar-refractivity contribution >= 4 is 39.4 Å². The zero-order valence-corrected chi connectivity index (χ0v) is 22.7. The second kappa shape index (κ2) is 10.6. The molecule has 0 N–H and O–H groups in total. The minimum Gasteiger partial charge on any atom is -0.464 e. The van der Waals surface area contributed by atoms with Crippen molar-refractivity contribution < 1.29 is 14.3 Å². The van der Waals surface area contributed by atoms with E-state index in [1.807, 2.05) is 29.2 Å². The smallest absolute Gasteiger partial charge is 0.330 e. The molecule has 2 amide bonds. The van der Waals surface area contributed by atoms with E-state index < -0.39 is 0 Å². The van der Waals surface area contributed by atoms with Gasteiger partial charge in [-0.05, 0) is 72.4 Å². The van der Waals surface area contributed by atoms with E-state index in [2.05, 4.69) is 39.1 Å². The normalized spacial score (nSPS) is 21.0. The summed E-state index contributed by atoms with van der Waals surface area (Å²) < 4.78 is 12.1. The lowest BCUT2D eigenvalue weighted by molar-refractivity contribution is 0.248. The number of para-hydroxylation sites is 1. The van der Waals surface area contributed by atoms with Crippen LogP contribution in [0.15, 0.2) is 83.5 Å². The molecule has 0 saturated carbocycles. The van der Waals surface area contributed by atoms with Gasteiger partial charge in [0, 0.05) is 35.5 Å². The molecule has 0 bridgehead atoms. The van der Waals surface area contributed by atoms with Gasteiger partial charge in [0.15, 0.2) is 6.26 Å². The Morgan fingerprint density at radius 3 is 2.82 bits per heavy atom. The number of nitrogens with zero attached hydrogens (tertiary/aromatic N) is 6. The van der Waals surface area contributed by atoms with Crippen LogP contribution < -0.4 is 14.7 Å². The molecule has 1 saturated heterocycles. The predicted octanol–water partition coefficient (Wildman–Crippen LogP) is 5.49. The number of hydrogen-bond donors (Lipinski definition) is 0. The fraction of sp³-hybridized carbons (Fsp3) is 0.321. The molecule has 1 aliphatic carbocycles. The average molecular weight is 577 g/mol. The number of carbonyl (C=O) groups is 1. The summed E-state index contributed by atoms with van der Waals surface area (Å²) in [6.45, 7) is 3.71. The van der Waals surface area contributed by atoms with Crippen molar-refractivity contribution in [2.75, 3.05) is 41.4 Å². The minimum atomic E-state index is -0.162. The third-order valence-corrected chi connectivity index (χ3v) is 7.84. The summed E-state index contributed by atoms with van der Waals surface area (Å²) in [5.74, 6) is 1.83. The molecule has 9 nitrogen and oxygen atoms in total. The van der Waals surface area contributed by atoms with Crippen molar-refractivity contribution in [1.82, 2.24) is 14.9 Å². The summed E-state index contributed by atoms with van der Waals surface area (Å²) in [5.41, 5.74) is 2.65. The molecule has 1 fully saturated rings. The lowest BCUT2D eigenvalue weighted by atomic mass is 9.97. The Bertz CT molecular complexity index is 1350. The first-order valence-electron chi connectivity index (χ1n) is 12.8. The number of rotatable bonds is 6. The van der Waals surface area contributed by atoms with Crippen molar-refractivity contribution in [3.05, 3.63) is 89.1 Å². The van der Waals surface area contributed by atoms with Crippen LogP contribution in [0.5, 0.6) is 0 Å². The Hall–Kier alpha value is -3.63. The summed E-state index contributed by atoms with van der Waals surface area (Å²) in [6, 6.07) is 7.52. The lowest BCUT2D eigenvalue weighted by Crippen LogP contribution is -2.46. The number of fused-ring (bicyclic) bond motifs is 1. The number of hydrogen-bond acceptors (Lipinski definition) is 7. The molecule has 3 aliphatic heterocycles. The van der Waals surface area contributed by atoms with Gasteiger partial charge >= 0.3 is 6.03 Å². The van der Waals surface area contributed by atoms with E-state index in [9.17, 15) is 4.79 Å². The molecule has 0 spiro atoms. The van der Waals surface area contributed by atoms with E-state index >= 15 is 0 Å². The van der Waals surface area contributed by atoms with Crippen molar-refractivity contribution in [2.24, 2.45) is 5.92 Å². The largest absolute Gasteiger partial charge is 0.464 e. The summed E-state index contributed by atoms with van der Waals surface area (Å²) >= 11 is 3.57. The van der Waals surface area contributed by atoms with Crippen LogP contribution in [0.25, 0.3) is 0 Å². The number of carbonyl (C=O) groups excluding carboxylic acids is 1. The van der Waals surface area contributed by atoms with E-state index in [4.69, 9.17) is 19.4 Å². The van der Waals surface area contributed by atoms with Crippen LogP contribution in [0.3, 0.4) is 0 Å². The van der Waals surface area contributed by atoms with Crippen LogP contribution in [0.1, 0.15) is 24.8 Å². The topological polar surface area (TPSA) is 74.3 Å². The van der Waals surface area contributed by atoms with Crippen LogP contribution in [0.4, 0.5) is 22.2 Å². The molecule has 38 heavy (non-hydrogen) atoms. The third-order valence-electron chi connectivity index (χ3n) is 7.17. The van der Waals surface area contributed by atoms with Gasteiger partial charge in [0.2, 0.25) is 11.8 Å². The number of likely N-dealkylation sites (tertiary alicyclic amines) is 1. The highest BCUT2D eigenvalue weighted by molar-refractivity contribution is 9.10. The minimum absolute atomic E-state index is 0.162. The Morgan fingerprint density at radius 2 is 2.03 bits per heavy atom. The van der Waals surface area contributed by atoms with Gasteiger partial charge < -0.3 is 14.4 Å². The van der Waals surface area contributed by atoms with Crippen LogP contribution in [0, 0.1) is 5.92 Å². The number of allylic oxidation sites excluding steroid dienone is 3. The van der Waals surface area contributed by atoms with E-state index in [-0.39, 0.29) is 6.03 Å². The van der Waals surface area contributed by atoms with Crippen molar-refractivity contribution in [3.8, 4) is 0 Å². The SMILES string of the molecule is CN1C(=O)N(c2ccccc2Br)Cc2cnc(N(C3=CC=CC(CN4CCCC4)C3)C3=COC=CO3)nc21. The maximum absolute atomic E-state index is 13.4. The first-order valence-corrected chi connectivity index (χ1v) is 13.6. The molecule has 4 heterocycles. The summed E-state index contributed by atoms with van der Waals surface area (Å²) in [7, 11) is 1.74. The maximum atomic E-state index is 13.4. The predicted molar refractivity (Wildman–Crippen MR) is 149 cm³/mol. The summed E-state index contributed by atoms with van der Waals surface area (Å²) in [4.78, 5) is 30.7. The highest BCUT2D eigenvalue weighted by Crippen LogP contribution is 2.36. The molecule has 1 atom stereocenters. The van der Waals surface area contributed by atoms with Crippen LogP contribution in [-0.4, -0.2) is 47.6 Å². The number of anilines is 3. The molecule has 6 rings (SSSR count). The van der Waals surface area contributed by atoms with Crippen LogP contribution in [-0.2, 0) is 16.0 Å². The fourth-order valence-electron chi connectivity index (χ4n) is 5.31. The Labute approximate surface area is 230 Å². The molecule has 196 valence electrons. The fourth-order valence-corrected chi connectivity index (χ4v) is 5.81. The van der Waals surface area contributed by atoms with E-state index in [0.717, 1.165) is 47.5 Å². The van der Waals surface area contributed by atoms with Crippen molar-refractivity contribution in [2.45, 2.75) is 25.8 Å². The monoisotopic (exact) mass is 576 g/mol. The van der Waals surface area contributed by atoms with E-state index in [1.165, 1.54) is 25.4 Å². The van der Waals surface area contributed by atoms with Gasteiger partial charge in [-0.15, -0.1) is 0 Å². The first-order chi connectivity index (χ1) is 18.6. The van der Waals surface area contributed by atoms with Gasteiger partial charge in [0.05, 0.1) is 12.2 Å². The zero-order chi connectivity index (χ0) is 26.1. The first kappa shape index (κ1) is 24.7. The second-order valence-corrected chi connectivity index (χ2v) is 10.6. The molecule has 1 aromatic heterocycles. The Kier molecular flexibility index (Phi) is 6.90. The number of halogens is 1. The standard InChI is InChI=1S/C28H29BrN6O3/c1-32-26-21(18-34(28(32)36)24-10-3-2-9-23(24)29)16-30-27(31-26)35(25-19-37-13-14-38-25)22-8-6-7-20(15-22)17-33-11-4-5-12-33/h2-3,6-10,13-14,16,19-20H,4-5,11-12,15,17-18H2,1H3. The number of ether oxygens (including phenoxy) is 2. The summed E-state index contributed by atoms with van der Waals surface area (Å²) in [6.07, 6.45) is 16.1. The Morgan fingerprint density at radius 1 is 1.18 bits per heavy atom. The quantitative estimate of drug-likeness (QED) is 0.449. The molecule has 1 aromatic carbocycles. The van der Waals surface area contributed by atoms with Crippen molar-refractivity contribution in [1.29, 1.82) is 0 Å². The van der Waals surface area contributed by atoms with Crippen LogP contribution >= 0.6 is 15.9 Å². The number of benzene rings is 1. The second-order valence-electron chi connectivity index (χ2n) is 9.73. The zero-order valence-electron chi connectivity index (χ0n) is 21.2. The maximum Gasteiger partial charge on any atom is 0.330 e. The Balaban J connectivity index is 1.31. The van der Waals surface area contributed by atoms with E-state index in [0.29, 0.717) is 30.1 Å². The highest BCUT2D eigenvalue weighted by Gasteiger charge is 2.33. The van der Waals surface area contributed by atoms with Gasteiger partial charge in [-0.1, -0.05) is 24.3 Å². The molecular weight excluding hydrogens is 548 g/mol. The number of urea groups is 1. The van der Waals surface area contributed by atoms with E-state index in [1.54, 1.807) is 29.3 Å². The molecule has 4 aliphatic rings. The number of aromatic nitrogens is 2.